The average Bonchev–Trinajstić information content (AvgIpc) is 2.53. The molecule has 0 saturated carbocycles. The van der Waals surface area contributed by atoms with Crippen LogP contribution in [0.5, 0.6) is 11.6 Å². The summed E-state index contributed by atoms with van der Waals surface area (Å²) in [5.41, 5.74) is 0.368. The molecule has 8 nitrogen and oxygen atoms in total. The summed E-state index contributed by atoms with van der Waals surface area (Å²) in [6, 6.07) is 2.84. The number of carbonyl (C=O) groups excluding carboxylic acids is 1. The Morgan fingerprint density at radius 2 is 1.88 bits per heavy atom. The first-order valence-corrected chi connectivity index (χ1v) is 7.13. The summed E-state index contributed by atoms with van der Waals surface area (Å²) in [6.45, 7) is 2.03. The van der Waals surface area contributed by atoms with Crippen molar-refractivity contribution in [3.63, 3.8) is 0 Å². The molecular weight excluding hydrogens is 336 g/mol. The third-order valence-corrected chi connectivity index (χ3v) is 2.96. The number of hydrogen-bond acceptors (Lipinski definition) is 7. The van der Waals surface area contributed by atoms with Crippen LogP contribution in [-0.2, 0) is 10.7 Å². The van der Waals surface area contributed by atoms with Gasteiger partial charge < -0.3 is 20.1 Å². The zero-order valence-corrected chi connectivity index (χ0v) is 14.1. The zero-order valence-electron chi connectivity index (χ0n) is 14.1. The van der Waals surface area contributed by atoms with Gasteiger partial charge in [0.05, 0.1) is 26.1 Å². The number of alkyl halides is 2. The Morgan fingerprint density at radius 3 is 2.44 bits per heavy atom. The van der Waals surface area contributed by atoms with E-state index in [1.807, 2.05) is 0 Å². The summed E-state index contributed by atoms with van der Waals surface area (Å²) in [6.07, 6.45) is 1.38. The number of amides is 1. The highest BCUT2D eigenvalue weighted by Gasteiger charge is 2.29. The van der Waals surface area contributed by atoms with Crippen LogP contribution in [-0.4, -0.2) is 35.1 Å². The third-order valence-electron chi connectivity index (χ3n) is 2.96. The van der Waals surface area contributed by atoms with Crippen LogP contribution in [0.4, 0.5) is 26.1 Å². The quantitative estimate of drug-likeness (QED) is 0.824. The molecule has 0 bridgehead atoms. The molecule has 0 aliphatic carbocycles. The van der Waals surface area contributed by atoms with Gasteiger partial charge in [-0.1, -0.05) is 0 Å². The summed E-state index contributed by atoms with van der Waals surface area (Å²) < 4.78 is 37.2. The Balaban J connectivity index is 2.42. The minimum Gasteiger partial charge on any atom is -0.493 e. The van der Waals surface area contributed by atoms with E-state index in [1.165, 1.54) is 39.5 Å². The van der Waals surface area contributed by atoms with E-state index in [0.717, 1.165) is 0 Å². The van der Waals surface area contributed by atoms with Crippen LogP contribution in [0.2, 0.25) is 0 Å². The monoisotopic (exact) mass is 353 g/mol. The smallest absolute Gasteiger partial charge is 0.304 e. The lowest BCUT2D eigenvalue weighted by molar-refractivity contribution is -0.114. The van der Waals surface area contributed by atoms with Crippen molar-refractivity contribution in [1.29, 1.82) is 0 Å². The first-order chi connectivity index (χ1) is 11.7. The third kappa shape index (κ3) is 4.72. The van der Waals surface area contributed by atoms with Crippen LogP contribution in [0.15, 0.2) is 18.3 Å². The van der Waals surface area contributed by atoms with E-state index < -0.39 is 11.7 Å². The highest BCUT2D eigenvalue weighted by molar-refractivity contribution is 5.88. The molecule has 2 aromatic heterocycles. The normalized spacial score (nSPS) is 11.0. The largest absolute Gasteiger partial charge is 0.493 e. The Kier molecular flexibility index (Phi) is 5.30. The minimum atomic E-state index is -3.24. The van der Waals surface area contributed by atoms with Crippen molar-refractivity contribution >= 4 is 23.2 Å². The van der Waals surface area contributed by atoms with Gasteiger partial charge in [0.25, 0.3) is 0 Å². The molecule has 0 aliphatic rings. The molecule has 0 radical (unpaired) electrons. The van der Waals surface area contributed by atoms with Crippen molar-refractivity contribution in [2.75, 3.05) is 24.9 Å². The molecule has 0 atom stereocenters. The maximum absolute atomic E-state index is 13.6. The maximum Gasteiger partial charge on any atom is 0.304 e. The molecule has 1 amide bonds. The number of pyridine rings is 1. The number of ether oxygens (including phenoxy) is 2. The van der Waals surface area contributed by atoms with E-state index in [1.54, 1.807) is 0 Å². The minimum absolute atomic E-state index is 0.0240. The fourth-order valence-electron chi connectivity index (χ4n) is 1.88. The highest BCUT2D eigenvalue weighted by atomic mass is 19.3. The van der Waals surface area contributed by atoms with Gasteiger partial charge in [-0.15, -0.1) is 0 Å². The predicted octanol–water partition coefficient (Wildman–Crippen LogP) is 2.70. The molecule has 2 rings (SSSR count). The molecule has 134 valence electrons. The van der Waals surface area contributed by atoms with Crippen LogP contribution in [0, 0.1) is 0 Å². The second kappa shape index (κ2) is 7.24. The summed E-state index contributed by atoms with van der Waals surface area (Å²) >= 11 is 0. The van der Waals surface area contributed by atoms with Gasteiger partial charge in [0.1, 0.15) is 11.6 Å². The molecule has 0 saturated heterocycles. The van der Waals surface area contributed by atoms with Crippen molar-refractivity contribution < 1.29 is 23.0 Å². The van der Waals surface area contributed by atoms with Crippen LogP contribution >= 0.6 is 0 Å². The van der Waals surface area contributed by atoms with E-state index in [2.05, 4.69) is 25.6 Å². The molecule has 0 aliphatic heterocycles. The van der Waals surface area contributed by atoms with Crippen LogP contribution in [0.3, 0.4) is 0 Å². The predicted molar refractivity (Wildman–Crippen MR) is 86.5 cm³/mol. The summed E-state index contributed by atoms with van der Waals surface area (Å²) in [4.78, 5) is 22.6. The fraction of sp³-hybridized carbons (Fsp3) is 0.333. The summed E-state index contributed by atoms with van der Waals surface area (Å²) in [7, 11) is 2.73. The SMILES string of the molecule is COc1cc(Nc2cc(NC(C)=O)ncc2OC)nc(C(C)(F)F)n1. The van der Waals surface area contributed by atoms with Crippen LogP contribution in [0.1, 0.15) is 19.7 Å². The van der Waals surface area contributed by atoms with E-state index >= 15 is 0 Å². The Bertz CT molecular complexity index is 780. The number of halogens is 2. The molecule has 25 heavy (non-hydrogen) atoms. The van der Waals surface area contributed by atoms with Crippen molar-refractivity contribution in [3.05, 3.63) is 24.2 Å². The molecule has 10 heteroatoms. The number of nitrogens with one attached hydrogen (secondary N) is 2. The molecule has 0 aromatic carbocycles. The average molecular weight is 353 g/mol. The van der Waals surface area contributed by atoms with Crippen LogP contribution < -0.4 is 20.1 Å². The molecule has 0 spiro atoms. The first-order valence-electron chi connectivity index (χ1n) is 7.13. The van der Waals surface area contributed by atoms with Crippen molar-refractivity contribution in [3.8, 4) is 11.6 Å². The Labute approximate surface area is 142 Å². The number of hydrogen-bond donors (Lipinski definition) is 2. The lowest BCUT2D eigenvalue weighted by Crippen LogP contribution is -2.14. The van der Waals surface area contributed by atoms with Crippen molar-refractivity contribution in [2.24, 2.45) is 0 Å². The molecule has 2 N–H and O–H groups in total. The van der Waals surface area contributed by atoms with Crippen molar-refractivity contribution in [1.82, 2.24) is 15.0 Å². The number of aromatic nitrogens is 3. The van der Waals surface area contributed by atoms with E-state index in [-0.39, 0.29) is 23.4 Å². The lowest BCUT2D eigenvalue weighted by atomic mass is 10.3. The standard InChI is InChI=1S/C15H17F2N5O3/c1-8(23)19-11-5-9(10(24-3)7-18-11)20-12-6-13(25-4)22-14(21-12)15(2,16)17/h5-7H,1-4H3,(H2,18,19,20,21,22,23). The fourth-order valence-corrected chi connectivity index (χ4v) is 1.88. The zero-order chi connectivity index (χ0) is 18.6. The molecular formula is C15H17F2N5O3. The Morgan fingerprint density at radius 1 is 1.16 bits per heavy atom. The maximum atomic E-state index is 13.6. The topological polar surface area (TPSA) is 98.3 Å². The van der Waals surface area contributed by atoms with Crippen molar-refractivity contribution in [2.45, 2.75) is 19.8 Å². The van der Waals surface area contributed by atoms with Gasteiger partial charge in [-0.2, -0.15) is 13.8 Å². The summed E-state index contributed by atoms with van der Waals surface area (Å²) in [5.74, 6) is -3.60. The van der Waals surface area contributed by atoms with E-state index in [9.17, 15) is 13.6 Å². The summed E-state index contributed by atoms with van der Waals surface area (Å²) in [5, 5.41) is 5.36. The van der Waals surface area contributed by atoms with E-state index in [4.69, 9.17) is 9.47 Å². The lowest BCUT2D eigenvalue weighted by Gasteiger charge is -2.15. The van der Waals surface area contributed by atoms with Gasteiger partial charge in [-0.3, -0.25) is 4.79 Å². The molecule has 0 unspecified atom stereocenters. The number of rotatable bonds is 6. The number of carbonyl (C=O) groups is 1. The second-order valence-corrected chi connectivity index (χ2v) is 5.08. The van der Waals surface area contributed by atoms with Crippen LogP contribution in [0.25, 0.3) is 0 Å². The number of methoxy groups -OCH3 is 2. The van der Waals surface area contributed by atoms with E-state index in [0.29, 0.717) is 18.4 Å². The van der Waals surface area contributed by atoms with Gasteiger partial charge in [-0.05, 0) is 0 Å². The Hall–Kier alpha value is -3.04. The molecule has 2 heterocycles. The second-order valence-electron chi connectivity index (χ2n) is 5.08. The van der Waals surface area contributed by atoms with Gasteiger partial charge >= 0.3 is 5.92 Å². The van der Waals surface area contributed by atoms with Gasteiger partial charge in [0, 0.05) is 26.0 Å². The molecule has 2 aromatic rings. The number of nitrogens with zero attached hydrogens (tertiary/aromatic N) is 3. The number of anilines is 3. The van der Waals surface area contributed by atoms with Gasteiger partial charge in [0.2, 0.25) is 17.6 Å². The van der Waals surface area contributed by atoms with Gasteiger partial charge in [-0.25, -0.2) is 9.97 Å². The highest BCUT2D eigenvalue weighted by Crippen LogP contribution is 2.31. The van der Waals surface area contributed by atoms with Gasteiger partial charge in [0.15, 0.2) is 5.75 Å². The first kappa shape index (κ1) is 18.3. The molecule has 0 fully saturated rings.